The molecule has 0 radical (unpaired) electrons. The van der Waals surface area contributed by atoms with Crippen molar-refractivity contribution in [1.82, 2.24) is 34.1 Å². The summed E-state index contributed by atoms with van der Waals surface area (Å²) < 4.78 is 47.6. The van der Waals surface area contributed by atoms with E-state index in [9.17, 15) is 18.0 Å². The first-order valence-corrected chi connectivity index (χ1v) is 11.5. The van der Waals surface area contributed by atoms with Crippen LogP contribution in [-0.2, 0) is 19.8 Å². The number of ether oxygens (including phenoxy) is 1. The molecule has 0 aliphatic rings. The highest BCUT2D eigenvalue weighted by molar-refractivity contribution is 5.74. The number of pyridine rings is 1. The predicted octanol–water partition coefficient (Wildman–Crippen LogP) is 4.44. The molecule has 4 heterocycles. The maximum atomic E-state index is 13.0. The number of benzene rings is 1. The van der Waals surface area contributed by atoms with Crippen molar-refractivity contribution >= 4 is 11.2 Å². The summed E-state index contributed by atoms with van der Waals surface area (Å²) in [7, 11) is 1.51. The quantitative estimate of drug-likeness (QED) is 0.348. The van der Waals surface area contributed by atoms with Gasteiger partial charge in [0.25, 0.3) is 0 Å². The van der Waals surface area contributed by atoms with Crippen LogP contribution in [0.4, 0.5) is 13.2 Å². The van der Waals surface area contributed by atoms with E-state index in [0.29, 0.717) is 40.6 Å². The Bertz CT molecular complexity index is 1620. The van der Waals surface area contributed by atoms with Crippen molar-refractivity contribution in [3.05, 3.63) is 76.7 Å². The van der Waals surface area contributed by atoms with Crippen LogP contribution in [0.25, 0.3) is 33.9 Å². The first-order valence-electron chi connectivity index (χ1n) is 11.5. The first-order chi connectivity index (χ1) is 17.7. The van der Waals surface area contributed by atoms with E-state index in [1.807, 2.05) is 6.92 Å². The average molecular weight is 509 g/mol. The molecule has 1 aromatic carbocycles. The van der Waals surface area contributed by atoms with Gasteiger partial charge in [0.2, 0.25) is 5.88 Å². The van der Waals surface area contributed by atoms with Crippen molar-refractivity contribution in [3.63, 3.8) is 0 Å². The largest absolute Gasteiger partial charge is 0.477 e. The lowest BCUT2D eigenvalue weighted by Crippen LogP contribution is -2.17. The van der Waals surface area contributed by atoms with Crippen molar-refractivity contribution in [2.45, 2.75) is 26.1 Å². The summed E-state index contributed by atoms with van der Waals surface area (Å²) in [6, 6.07) is 10.4. The Kier molecular flexibility index (Phi) is 6.24. The number of alkyl halides is 3. The number of H-pyrrole nitrogens is 1. The predicted molar refractivity (Wildman–Crippen MR) is 130 cm³/mol. The zero-order chi connectivity index (χ0) is 26.2. The number of halogens is 3. The summed E-state index contributed by atoms with van der Waals surface area (Å²) >= 11 is 0. The molecule has 0 fully saturated rings. The van der Waals surface area contributed by atoms with E-state index in [1.165, 1.54) is 22.4 Å². The molecule has 0 amide bonds. The van der Waals surface area contributed by atoms with Gasteiger partial charge in [0, 0.05) is 25.0 Å². The third-order valence-corrected chi connectivity index (χ3v) is 5.69. The lowest BCUT2D eigenvalue weighted by atomic mass is 10.1. The van der Waals surface area contributed by atoms with Gasteiger partial charge in [0.05, 0.1) is 24.9 Å². The van der Waals surface area contributed by atoms with Crippen LogP contribution >= 0.6 is 0 Å². The lowest BCUT2D eigenvalue weighted by molar-refractivity contribution is -0.140. The van der Waals surface area contributed by atoms with Gasteiger partial charge in [-0.05, 0) is 24.1 Å². The fourth-order valence-corrected chi connectivity index (χ4v) is 3.91. The fraction of sp³-hybridized carbons (Fsp3) is 0.240. The number of aryl methyl sites for hydroxylation is 1. The monoisotopic (exact) mass is 509 g/mol. The molecule has 190 valence electrons. The van der Waals surface area contributed by atoms with Gasteiger partial charge in [0.15, 0.2) is 17.2 Å². The molecule has 5 aromatic rings. The normalized spacial score (nSPS) is 11.8. The molecule has 0 aliphatic heterocycles. The number of nitrogens with one attached hydrogen (secondary N) is 1. The maximum Gasteiger partial charge on any atom is 0.434 e. The van der Waals surface area contributed by atoms with Gasteiger partial charge < -0.3 is 14.3 Å². The third kappa shape index (κ3) is 4.82. The molecule has 0 saturated carbocycles. The molecule has 12 heteroatoms. The van der Waals surface area contributed by atoms with Crippen molar-refractivity contribution in [3.8, 4) is 28.7 Å². The Hall–Kier alpha value is -4.48. The number of aromatic nitrogens is 7. The standard InChI is InChI=1S/C25H22F3N7O2/c1-3-11-37-23-17(5-4-10-29-23)20-30-12-18-22(33-20)35(24(36)31-18)13-15-6-8-16(9-7-15)21-32-19(14-34(21)2)25(26,27)28/h4-10,12,14H,3,11,13H2,1-2H3,(H,31,36). The third-order valence-electron chi connectivity index (χ3n) is 5.69. The number of aromatic amines is 1. The van der Waals surface area contributed by atoms with Gasteiger partial charge in [0.1, 0.15) is 11.3 Å². The van der Waals surface area contributed by atoms with Crippen LogP contribution in [0.5, 0.6) is 5.88 Å². The van der Waals surface area contributed by atoms with Crippen LogP contribution in [0.1, 0.15) is 24.6 Å². The molecule has 0 atom stereocenters. The molecule has 0 spiro atoms. The molecular weight excluding hydrogens is 487 g/mol. The van der Waals surface area contributed by atoms with E-state index >= 15 is 0 Å². The van der Waals surface area contributed by atoms with Crippen molar-refractivity contribution < 1.29 is 17.9 Å². The highest BCUT2D eigenvalue weighted by atomic mass is 19.4. The van der Waals surface area contributed by atoms with Crippen LogP contribution < -0.4 is 10.4 Å². The molecule has 9 nitrogen and oxygen atoms in total. The molecule has 37 heavy (non-hydrogen) atoms. The summed E-state index contributed by atoms with van der Waals surface area (Å²) in [4.78, 5) is 32.5. The molecular formula is C25H22F3N7O2. The van der Waals surface area contributed by atoms with Crippen LogP contribution in [0, 0.1) is 0 Å². The van der Waals surface area contributed by atoms with Crippen LogP contribution in [0.15, 0.2) is 59.8 Å². The minimum Gasteiger partial charge on any atom is -0.477 e. The van der Waals surface area contributed by atoms with Gasteiger partial charge in [-0.1, -0.05) is 31.2 Å². The number of imidazole rings is 2. The zero-order valence-corrected chi connectivity index (χ0v) is 20.0. The number of nitrogens with zero attached hydrogens (tertiary/aromatic N) is 6. The van der Waals surface area contributed by atoms with E-state index in [2.05, 4.69) is 24.9 Å². The summed E-state index contributed by atoms with van der Waals surface area (Å²) in [6.07, 6.45) is 0.404. The second-order valence-electron chi connectivity index (χ2n) is 8.41. The smallest absolute Gasteiger partial charge is 0.434 e. The summed E-state index contributed by atoms with van der Waals surface area (Å²) in [6.45, 7) is 2.68. The number of hydrogen-bond acceptors (Lipinski definition) is 6. The van der Waals surface area contributed by atoms with E-state index in [0.717, 1.165) is 18.2 Å². The Morgan fingerprint density at radius 3 is 2.57 bits per heavy atom. The van der Waals surface area contributed by atoms with Crippen molar-refractivity contribution in [2.24, 2.45) is 7.05 Å². The molecule has 0 bridgehead atoms. The second-order valence-corrected chi connectivity index (χ2v) is 8.41. The van der Waals surface area contributed by atoms with E-state index in [4.69, 9.17) is 4.74 Å². The molecule has 0 saturated heterocycles. The lowest BCUT2D eigenvalue weighted by Gasteiger charge is -2.09. The first kappa shape index (κ1) is 24.2. The molecule has 1 N–H and O–H groups in total. The summed E-state index contributed by atoms with van der Waals surface area (Å²) in [5, 5.41) is 0. The van der Waals surface area contributed by atoms with Gasteiger partial charge >= 0.3 is 11.9 Å². The molecule has 4 aromatic heterocycles. The SMILES string of the molecule is CCCOc1ncccc1-c1ncc2[nH]c(=O)n(Cc3ccc(-c4nc(C(F)(F)F)cn4C)cc3)c2n1. The minimum atomic E-state index is -4.52. The Morgan fingerprint density at radius 2 is 1.86 bits per heavy atom. The van der Waals surface area contributed by atoms with Crippen molar-refractivity contribution in [1.29, 1.82) is 0 Å². The topological polar surface area (TPSA) is 104 Å². The van der Waals surface area contributed by atoms with Crippen molar-refractivity contribution in [2.75, 3.05) is 6.61 Å². The number of hydrogen-bond donors (Lipinski definition) is 1. The summed E-state index contributed by atoms with van der Waals surface area (Å²) in [5.74, 6) is 0.967. The zero-order valence-electron chi connectivity index (χ0n) is 20.0. The van der Waals surface area contributed by atoms with E-state index in [-0.39, 0.29) is 18.1 Å². The van der Waals surface area contributed by atoms with Crippen LogP contribution in [-0.4, -0.2) is 40.7 Å². The van der Waals surface area contributed by atoms with Crippen LogP contribution in [0.2, 0.25) is 0 Å². The molecule has 0 aliphatic carbocycles. The number of fused-ring (bicyclic) bond motifs is 1. The Labute approximate surface area is 208 Å². The van der Waals surface area contributed by atoms with E-state index < -0.39 is 11.9 Å². The number of rotatable bonds is 7. The van der Waals surface area contributed by atoms with Gasteiger partial charge in [-0.15, -0.1) is 0 Å². The minimum absolute atomic E-state index is 0.191. The van der Waals surface area contributed by atoms with Gasteiger partial charge in [-0.2, -0.15) is 13.2 Å². The van der Waals surface area contributed by atoms with Crippen LogP contribution in [0.3, 0.4) is 0 Å². The summed E-state index contributed by atoms with van der Waals surface area (Å²) in [5.41, 5.74) is 1.45. The highest BCUT2D eigenvalue weighted by Crippen LogP contribution is 2.31. The second kappa shape index (κ2) is 9.52. The average Bonchev–Trinajstić information content (AvgIpc) is 3.42. The van der Waals surface area contributed by atoms with E-state index in [1.54, 1.807) is 42.6 Å². The van der Waals surface area contributed by atoms with Gasteiger partial charge in [-0.3, -0.25) is 4.57 Å². The molecule has 5 rings (SSSR count). The Balaban J connectivity index is 1.46. The van der Waals surface area contributed by atoms with Gasteiger partial charge in [-0.25, -0.2) is 24.7 Å². The fourth-order valence-electron chi connectivity index (χ4n) is 3.91. The Morgan fingerprint density at radius 1 is 1.08 bits per heavy atom. The molecule has 0 unspecified atom stereocenters. The highest BCUT2D eigenvalue weighted by Gasteiger charge is 2.34. The maximum absolute atomic E-state index is 13.0.